The maximum absolute atomic E-state index is 13.8. The van der Waals surface area contributed by atoms with Crippen LogP contribution < -0.4 is 10.6 Å². The summed E-state index contributed by atoms with van der Waals surface area (Å²) < 4.78 is 4.78. The molecule has 2 aromatic carbocycles. The molecule has 4 heterocycles. The molecule has 5 aliphatic rings. The highest BCUT2D eigenvalue weighted by molar-refractivity contribution is 6.04. The van der Waals surface area contributed by atoms with Gasteiger partial charge in [0.05, 0.1) is 25.8 Å². The molecule has 0 radical (unpaired) electrons. The molecular weight excluding hydrogens is 717 g/mol. The molecule has 3 fully saturated rings. The van der Waals surface area contributed by atoms with E-state index in [9.17, 15) is 19.5 Å². The van der Waals surface area contributed by atoms with Crippen LogP contribution in [0.1, 0.15) is 81.5 Å². The molecule has 57 heavy (non-hydrogen) atoms. The van der Waals surface area contributed by atoms with E-state index < -0.39 is 18.2 Å². The summed E-state index contributed by atoms with van der Waals surface area (Å²) in [5.74, 6) is 0.638. The van der Waals surface area contributed by atoms with Crippen molar-refractivity contribution in [2.24, 2.45) is 39.6 Å². The summed E-state index contributed by atoms with van der Waals surface area (Å²) in [5, 5.41) is 16.0. The number of fused-ring (bicyclic) bond motifs is 2. The minimum absolute atomic E-state index is 0.0115. The molecule has 7 atom stereocenters. The van der Waals surface area contributed by atoms with Gasteiger partial charge in [0, 0.05) is 67.4 Å². The Kier molecular flexibility index (Phi) is 11.2. The van der Waals surface area contributed by atoms with Crippen molar-refractivity contribution >= 4 is 40.5 Å². The van der Waals surface area contributed by atoms with Crippen molar-refractivity contribution in [3.63, 3.8) is 0 Å². The van der Waals surface area contributed by atoms with E-state index in [2.05, 4.69) is 64.1 Å². The molecule has 1 saturated heterocycles. The SMILES string of the molecule is COC(=O)N[C@H](C(=O)N1CCC[C@H]1C1=NC=C(c2ccc(-c3ccc(C4=CN=C([C@@H]5[C@H]6CC[C@H](C6)[C@H]5C(=O)N[C@H](CO)c5cccnc5)C4)cc3)cc2)C1)C(C)C. The van der Waals surface area contributed by atoms with Crippen LogP contribution in [-0.4, -0.2) is 76.7 Å². The summed E-state index contributed by atoms with van der Waals surface area (Å²) in [6.07, 6.45) is 13.1. The number of methoxy groups -OCH3 is 1. The van der Waals surface area contributed by atoms with Crippen molar-refractivity contribution in [1.29, 1.82) is 0 Å². The molecule has 11 nitrogen and oxygen atoms in total. The number of aliphatic hydroxyl groups excluding tert-OH is 1. The van der Waals surface area contributed by atoms with Crippen LogP contribution in [0.25, 0.3) is 22.3 Å². The van der Waals surface area contributed by atoms with Gasteiger partial charge >= 0.3 is 6.09 Å². The molecule has 3 aliphatic heterocycles. The van der Waals surface area contributed by atoms with Gasteiger partial charge in [-0.25, -0.2) is 4.79 Å². The first-order valence-electron chi connectivity index (χ1n) is 20.4. The fraction of sp³-hybridized carbons (Fsp3) is 0.435. The number of ether oxygens (including phenoxy) is 1. The van der Waals surface area contributed by atoms with Crippen LogP contribution in [-0.2, 0) is 14.3 Å². The van der Waals surface area contributed by atoms with Gasteiger partial charge in [-0.05, 0) is 94.9 Å². The summed E-state index contributed by atoms with van der Waals surface area (Å²) in [6.45, 7) is 4.32. The summed E-state index contributed by atoms with van der Waals surface area (Å²) >= 11 is 0. The van der Waals surface area contributed by atoms with E-state index >= 15 is 0 Å². The zero-order valence-electron chi connectivity index (χ0n) is 32.9. The Balaban J connectivity index is 0.870. The number of hydrogen-bond donors (Lipinski definition) is 3. The number of aromatic nitrogens is 1. The maximum Gasteiger partial charge on any atom is 0.407 e. The molecule has 3 N–H and O–H groups in total. The first kappa shape index (κ1) is 38.5. The highest BCUT2D eigenvalue weighted by Crippen LogP contribution is 2.54. The smallest absolute Gasteiger partial charge is 0.407 e. The fourth-order valence-electron chi connectivity index (χ4n) is 9.90. The third kappa shape index (κ3) is 7.82. The van der Waals surface area contributed by atoms with Crippen LogP contribution in [0.4, 0.5) is 4.79 Å². The maximum atomic E-state index is 13.8. The number of likely N-dealkylation sites (tertiary alicyclic amines) is 1. The van der Waals surface area contributed by atoms with Gasteiger partial charge in [0.25, 0.3) is 0 Å². The third-order valence-corrected chi connectivity index (χ3v) is 12.9. The number of carbonyl (C=O) groups excluding carboxylic acids is 3. The lowest BCUT2D eigenvalue weighted by atomic mass is 9.74. The molecule has 11 heteroatoms. The standard InChI is InChI=1S/C46H52N6O5/c1-27(2)43(51-46(56)57-3)45(55)52-19-5-7-40(52)37-21-35(24-48-37)30-12-8-28(9-13-30)29-10-14-31(15-11-29)36-22-38(49-25-36)41-32-16-17-33(20-32)42(41)44(54)50-39(26-53)34-6-4-18-47-23-34/h4,6,8-15,18,23-25,27,32-33,39-43,53H,5,7,16-17,19-22,26H2,1-3H3,(H,50,54)(H,51,56)/t32-,33+,39+,40-,41-,42+,43-/m0/s1. The van der Waals surface area contributed by atoms with Crippen LogP contribution in [0, 0.1) is 29.6 Å². The van der Waals surface area contributed by atoms with E-state index in [-0.39, 0.29) is 42.2 Å². The Morgan fingerprint density at radius 2 is 1.47 bits per heavy atom. The monoisotopic (exact) mass is 768 g/mol. The van der Waals surface area contributed by atoms with E-state index in [4.69, 9.17) is 14.7 Å². The highest BCUT2D eigenvalue weighted by atomic mass is 16.5. The van der Waals surface area contributed by atoms with Gasteiger partial charge in [-0.15, -0.1) is 0 Å². The summed E-state index contributed by atoms with van der Waals surface area (Å²) in [5.41, 5.74) is 9.68. The minimum Gasteiger partial charge on any atom is -0.453 e. The number of pyridine rings is 1. The van der Waals surface area contributed by atoms with Crippen molar-refractivity contribution in [3.8, 4) is 11.1 Å². The van der Waals surface area contributed by atoms with Crippen molar-refractivity contribution in [2.75, 3.05) is 20.3 Å². The van der Waals surface area contributed by atoms with E-state index in [1.165, 1.54) is 12.7 Å². The number of alkyl carbamates (subject to hydrolysis) is 1. The van der Waals surface area contributed by atoms with Crippen LogP contribution in [0.3, 0.4) is 0 Å². The van der Waals surface area contributed by atoms with Crippen molar-refractivity contribution < 1.29 is 24.2 Å². The molecule has 2 saturated carbocycles. The minimum atomic E-state index is -0.653. The second-order valence-corrected chi connectivity index (χ2v) is 16.5. The van der Waals surface area contributed by atoms with Gasteiger partial charge in [-0.1, -0.05) is 68.4 Å². The lowest BCUT2D eigenvalue weighted by Crippen LogP contribution is -2.53. The normalized spacial score (nSPS) is 24.8. The van der Waals surface area contributed by atoms with Crippen LogP contribution >= 0.6 is 0 Å². The predicted molar refractivity (Wildman–Crippen MR) is 221 cm³/mol. The van der Waals surface area contributed by atoms with Crippen molar-refractivity contribution in [3.05, 3.63) is 102 Å². The van der Waals surface area contributed by atoms with Crippen LogP contribution in [0.2, 0.25) is 0 Å². The largest absolute Gasteiger partial charge is 0.453 e. The zero-order valence-corrected chi connectivity index (χ0v) is 32.9. The second-order valence-electron chi connectivity index (χ2n) is 16.5. The molecule has 3 aromatic rings. The van der Waals surface area contributed by atoms with Gasteiger partial charge < -0.3 is 25.4 Å². The second kappa shape index (κ2) is 16.6. The predicted octanol–water partition coefficient (Wildman–Crippen LogP) is 7.00. The Morgan fingerprint density at radius 3 is 2.09 bits per heavy atom. The molecule has 2 aliphatic carbocycles. The summed E-state index contributed by atoms with van der Waals surface area (Å²) in [7, 11) is 1.31. The number of aliphatic hydroxyl groups is 1. The van der Waals surface area contributed by atoms with Crippen molar-refractivity contribution in [1.82, 2.24) is 20.5 Å². The molecule has 8 rings (SSSR count). The third-order valence-electron chi connectivity index (χ3n) is 12.9. The van der Waals surface area contributed by atoms with E-state index in [0.717, 1.165) is 83.3 Å². The first-order chi connectivity index (χ1) is 27.7. The van der Waals surface area contributed by atoms with Gasteiger partial charge in [-0.3, -0.25) is 24.6 Å². The number of rotatable bonds is 12. The molecule has 1 aromatic heterocycles. The molecule has 0 unspecified atom stereocenters. The van der Waals surface area contributed by atoms with Crippen molar-refractivity contribution in [2.45, 2.75) is 76.9 Å². The van der Waals surface area contributed by atoms with E-state index in [1.54, 1.807) is 12.4 Å². The Morgan fingerprint density at radius 1 is 0.842 bits per heavy atom. The summed E-state index contributed by atoms with van der Waals surface area (Å²) in [4.78, 5) is 55.1. The average Bonchev–Trinajstić information content (AvgIpc) is 4.10. The Labute approximate surface area is 334 Å². The van der Waals surface area contributed by atoms with E-state index in [1.807, 2.05) is 43.3 Å². The number of nitrogens with zero attached hydrogens (tertiary/aromatic N) is 4. The number of benzene rings is 2. The van der Waals surface area contributed by atoms with Gasteiger partial charge in [0.1, 0.15) is 6.04 Å². The number of amides is 3. The van der Waals surface area contributed by atoms with Gasteiger partial charge in [-0.2, -0.15) is 0 Å². The Hall–Kier alpha value is -5.42. The number of carbonyl (C=O) groups is 3. The number of hydrogen-bond acceptors (Lipinski definition) is 8. The average molecular weight is 769 g/mol. The van der Waals surface area contributed by atoms with Gasteiger partial charge in [0.2, 0.25) is 11.8 Å². The first-order valence-corrected chi connectivity index (χ1v) is 20.4. The molecule has 296 valence electrons. The molecule has 2 bridgehead atoms. The fourth-order valence-corrected chi connectivity index (χ4v) is 9.90. The number of aliphatic imine (C=N–C) groups is 2. The van der Waals surface area contributed by atoms with Crippen LogP contribution in [0.15, 0.2) is 95.4 Å². The van der Waals surface area contributed by atoms with E-state index in [0.29, 0.717) is 24.8 Å². The molecule has 0 spiro atoms. The molecule has 3 amide bonds. The zero-order chi connectivity index (χ0) is 39.6. The lowest BCUT2D eigenvalue weighted by molar-refractivity contribution is -0.134. The molecular formula is C46H52N6O5. The lowest BCUT2D eigenvalue weighted by Gasteiger charge is -2.32. The highest BCUT2D eigenvalue weighted by Gasteiger charge is 2.53. The topological polar surface area (TPSA) is 146 Å². The quantitative estimate of drug-likeness (QED) is 0.181. The number of allylic oxidation sites excluding steroid dienone is 2. The van der Waals surface area contributed by atoms with Gasteiger partial charge in [0.15, 0.2) is 0 Å². The van der Waals surface area contributed by atoms with Crippen LogP contribution in [0.5, 0.6) is 0 Å². The summed E-state index contributed by atoms with van der Waals surface area (Å²) in [6, 6.07) is 19.7. The number of nitrogens with one attached hydrogen (secondary N) is 2. The Bertz CT molecular complexity index is 2110.